The van der Waals surface area contributed by atoms with Crippen molar-refractivity contribution < 1.29 is 4.74 Å². The van der Waals surface area contributed by atoms with Gasteiger partial charge in [-0.1, -0.05) is 30.3 Å². The van der Waals surface area contributed by atoms with Gasteiger partial charge in [-0.25, -0.2) is 0 Å². The van der Waals surface area contributed by atoms with Crippen molar-refractivity contribution in [2.24, 2.45) is 5.10 Å². The maximum Gasteiger partial charge on any atom is 0.299 e. The molecule has 0 spiro atoms. The van der Waals surface area contributed by atoms with Gasteiger partial charge in [-0.3, -0.25) is 5.01 Å². The van der Waals surface area contributed by atoms with Crippen LogP contribution in [0.4, 0.5) is 0 Å². The molecule has 0 N–H and O–H groups in total. The number of ether oxygens (including phenoxy) is 1. The average molecular weight is 161 g/mol. The van der Waals surface area contributed by atoms with E-state index in [9.17, 15) is 0 Å². The van der Waals surface area contributed by atoms with E-state index >= 15 is 0 Å². The summed E-state index contributed by atoms with van der Waals surface area (Å²) in [5, 5.41) is 5.59. The topological polar surface area (TPSA) is 24.8 Å². The first-order valence-electron chi connectivity index (χ1n) is 3.77. The number of nitrogens with zero attached hydrogens (tertiary/aromatic N) is 2. The highest BCUT2D eigenvalue weighted by atomic mass is 16.5. The predicted octanol–water partition coefficient (Wildman–Crippen LogP) is 1.47. The Morgan fingerprint density at radius 3 is 2.75 bits per heavy atom. The summed E-state index contributed by atoms with van der Waals surface area (Å²) < 4.78 is 5.16. The number of hydrazone groups is 1. The van der Waals surface area contributed by atoms with Crippen LogP contribution >= 0.6 is 0 Å². The summed E-state index contributed by atoms with van der Waals surface area (Å²) in [5.41, 5.74) is 1.09. The van der Waals surface area contributed by atoms with E-state index in [4.69, 9.17) is 4.74 Å². The second kappa shape index (κ2) is 2.85. The SMILES string of the molecule is CN1N=[C]OC1c1ccccc1. The fourth-order valence-corrected chi connectivity index (χ4v) is 1.17. The van der Waals surface area contributed by atoms with Gasteiger partial charge < -0.3 is 4.74 Å². The maximum absolute atomic E-state index is 5.16. The molecule has 0 saturated carbocycles. The molecule has 1 aromatic carbocycles. The summed E-state index contributed by atoms with van der Waals surface area (Å²) in [7, 11) is 1.86. The first kappa shape index (κ1) is 7.16. The Hall–Kier alpha value is -1.51. The van der Waals surface area contributed by atoms with Crippen LogP contribution in [0.25, 0.3) is 0 Å². The standard InChI is InChI=1S/C9H9N2O/c1-11-9(12-7-10-11)8-5-3-2-4-6-8/h2-6,9H,1H3. The van der Waals surface area contributed by atoms with Crippen molar-refractivity contribution in [3.63, 3.8) is 0 Å². The van der Waals surface area contributed by atoms with Gasteiger partial charge in [-0.05, 0) is 0 Å². The zero-order chi connectivity index (χ0) is 8.39. The molecule has 12 heavy (non-hydrogen) atoms. The minimum atomic E-state index is -0.105. The summed E-state index contributed by atoms with van der Waals surface area (Å²) in [6, 6.07) is 9.94. The summed E-state index contributed by atoms with van der Waals surface area (Å²) >= 11 is 0. The lowest BCUT2D eigenvalue weighted by Crippen LogP contribution is -2.14. The van der Waals surface area contributed by atoms with Gasteiger partial charge >= 0.3 is 0 Å². The Balaban J connectivity index is 2.22. The zero-order valence-corrected chi connectivity index (χ0v) is 6.77. The van der Waals surface area contributed by atoms with Crippen LogP contribution in [0.2, 0.25) is 0 Å². The molecule has 1 aliphatic rings. The van der Waals surface area contributed by atoms with Crippen LogP contribution < -0.4 is 0 Å². The van der Waals surface area contributed by atoms with Crippen molar-refractivity contribution >= 4 is 6.40 Å². The Bertz CT molecular complexity index is 284. The van der Waals surface area contributed by atoms with Crippen LogP contribution in [0.5, 0.6) is 0 Å². The Labute approximate surface area is 71.3 Å². The van der Waals surface area contributed by atoms with Crippen LogP contribution in [-0.4, -0.2) is 18.5 Å². The van der Waals surface area contributed by atoms with Gasteiger partial charge in [0.1, 0.15) is 0 Å². The van der Waals surface area contributed by atoms with Crippen molar-refractivity contribution in [3.05, 3.63) is 35.9 Å². The third kappa shape index (κ3) is 1.13. The van der Waals surface area contributed by atoms with E-state index in [1.165, 1.54) is 0 Å². The van der Waals surface area contributed by atoms with Gasteiger partial charge in [0.05, 0.1) is 0 Å². The van der Waals surface area contributed by atoms with Gasteiger partial charge in [0.25, 0.3) is 6.40 Å². The van der Waals surface area contributed by atoms with Crippen LogP contribution in [0.1, 0.15) is 11.8 Å². The Morgan fingerprint density at radius 1 is 1.42 bits per heavy atom. The molecule has 0 aromatic heterocycles. The first-order chi connectivity index (χ1) is 5.88. The van der Waals surface area contributed by atoms with Crippen molar-refractivity contribution in [3.8, 4) is 0 Å². The molecular formula is C9H9N2O. The second-order valence-electron chi connectivity index (χ2n) is 2.65. The van der Waals surface area contributed by atoms with Crippen molar-refractivity contribution in [2.45, 2.75) is 6.23 Å². The number of rotatable bonds is 1. The summed E-state index contributed by atoms with van der Waals surface area (Å²) in [6.45, 7) is 0. The molecule has 0 amide bonds. The molecular weight excluding hydrogens is 152 g/mol. The fourth-order valence-electron chi connectivity index (χ4n) is 1.17. The smallest absolute Gasteiger partial charge is 0.299 e. The molecule has 1 aliphatic heterocycles. The molecule has 3 heteroatoms. The average Bonchev–Trinajstić information content (AvgIpc) is 2.53. The van der Waals surface area contributed by atoms with Gasteiger partial charge in [0, 0.05) is 12.6 Å². The monoisotopic (exact) mass is 161 g/mol. The minimum Gasteiger partial charge on any atom is -0.443 e. The summed E-state index contributed by atoms with van der Waals surface area (Å²) in [6.07, 6.45) is 2.37. The highest BCUT2D eigenvalue weighted by Crippen LogP contribution is 2.22. The van der Waals surface area contributed by atoms with Gasteiger partial charge in [0.15, 0.2) is 0 Å². The summed E-state index contributed by atoms with van der Waals surface area (Å²) in [4.78, 5) is 0. The molecule has 1 unspecified atom stereocenters. The molecule has 1 aromatic rings. The highest BCUT2D eigenvalue weighted by Gasteiger charge is 2.20. The Kier molecular flexibility index (Phi) is 1.70. The molecule has 1 atom stereocenters. The summed E-state index contributed by atoms with van der Waals surface area (Å²) in [5.74, 6) is 0. The van der Waals surface area contributed by atoms with Crippen molar-refractivity contribution in [1.29, 1.82) is 0 Å². The van der Waals surface area contributed by atoms with E-state index in [-0.39, 0.29) is 6.23 Å². The van der Waals surface area contributed by atoms with Crippen LogP contribution in [-0.2, 0) is 4.74 Å². The zero-order valence-electron chi connectivity index (χ0n) is 6.77. The lowest BCUT2D eigenvalue weighted by molar-refractivity contribution is 0.0813. The molecule has 61 valence electrons. The maximum atomic E-state index is 5.16. The molecule has 0 saturated heterocycles. The highest BCUT2D eigenvalue weighted by molar-refractivity contribution is 5.48. The number of hydrogen-bond donors (Lipinski definition) is 0. The minimum absolute atomic E-state index is 0.105. The quantitative estimate of drug-likeness (QED) is 0.623. The van der Waals surface area contributed by atoms with Gasteiger partial charge in [-0.15, -0.1) is 5.10 Å². The van der Waals surface area contributed by atoms with Crippen LogP contribution in [0.3, 0.4) is 0 Å². The second-order valence-corrected chi connectivity index (χ2v) is 2.65. The van der Waals surface area contributed by atoms with Crippen LogP contribution in [0, 0.1) is 0 Å². The first-order valence-corrected chi connectivity index (χ1v) is 3.77. The largest absolute Gasteiger partial charge is 0.443 e. The van der Waals surface area contributed by atoms with Gasteiger partial charge in [-0.2, -0.15) is 0 Å². The fraction of sp³-hybridized carbons (Fsp3) is 0.222. The number of hydrogen-bond acceptors (Lipinski definition) is 3. The van der Waals surface area contributed by atoms with Crippen molar-refractivity contribution in [1.82, 2.24) is 5.01 Å². The molecule has 2 rings (SSSR count). The molecule has 0 bridgehead atoms. The van der Waals surface area contributed by atoms with Gasteiger partial charge in [0.2, 0.25) is 6.23 Å². The Morgan fingerprint density at radius 2 is 2.17 bits per heavy atom. The lowest BCUT2D eigenvalue weighted by Gasteiger charge is -2.16. The van der Waals surface area contributed by atoms with E-state index in [0.717, 1.165) is 5.56 Å². The molecule has 0 fully saturated rings. The third-order valence-electron chi connectivity index (χ3n) is 1.79. The van der Waals surface area contributed by atoms with E-state index < -0.39 is 0 Å². The van der Waals surface area contributed by atoms with Crippen molar-refractivity contribution in [2.75, 3.05) is 7.05 Å². The third-order valence-corrected chi connectivity index (χ3v) is 1.79. The van der Waals surface area contributed by atoms with Crippen LogP contribution in [0.15, 0.2) is 35.4 Å². The molecule has 0 aliphatic carbocycles. The lowest BCUT2D eigenvalue weighted by atomic mass is 10.2. The molecule has 1 heterocycles. The normalized spacial score (nSPS) is 21.1. The predicted molar refractivity (Wildman–Crippen MR) is 45.5 cm³/mol. The molecule has 1 radical (unpaired) electrons. The van der Waals surface area contributed by atoms with E-state index in [1.54, 1.807) is 5.01 Å². The van der Waals surface area contributed by atoms with E-state index in [2.05, 4.69) is 11.5 Å². The van der Waals surface area contributed by atoms with E-state index in [1.807, 2.05) is 37.4 Å². The molecule has 3 nitrogen and oxygen atoms in total. The number of benzene rings is 1. The van der Waals surface area contributed by atoms with E-state index in [0.29, 0.717) is 0 Å².